The van der Waals surface area contributed by atoms with Crippen LogP contribution in [0.15, 0.2) is 0 Å². The zero-order chi connectivity index (χ0) is 17.3. The summed E-state index contributed by atoms with van der Waals surface area (Å²) in [6.45, 7) is 18.9. The minimum atomic E-state index is 0.371. The van der Waals surface area contributed by atoms with Gasteiger partial charge in [0, 0.05) is 6.04 Å². The van der Waals surface area contributed by atoms with Crippen molar-refractivity contribution in [2.45, 2.75) is 106 Å². The third-order valence-electron chi connectivity index (χ3n) is 6.67. The van der Waals surface area contributed by atoms with Gasteiger partial charge in [-0.25, -0.2) is 0 Å². The summed E-state index contributed by atoms with van der Waals surface area (Å²) in [5.74, 6) is 3.00. The molecule has 0 radical (unpaired) electrons. The molecule has 2 N–H and O–H groups in total. The Morgan fingerprint density at radius 2 is 1.45 bits per heavy atom. The number of hydrogen-bond acceptors (Lipinski definition) is 1. The van der Waals surface area contributed by atoms with E-state index >= 15 is 0 Å². The van der Waals surface area contributed by atoms with Gasteiger partial charge >= 0.3 is 0 Å². The van der Waals surface area contributed by atoms with E-state index in [1.165, 1.54) is 44.9 Å². The summed E-state index contributed by atoms with van der Waals surface area (Å²) in [6, 6.07) is 0.371. The fourth-order valence-corrected chi connectivity index (χ4v) is 3.49. The number of hydrogen-bond donors (Lipinski definition) is 1. The first-order chi connectivity index (χ1) is 10.2. The molecule has 1 nitrogen and oxygen atoms in total. The van der Waals surface area contributed by atoms with Crippen LogP contribution in [0.2, 0.25) is 0 Å². The van der Waals surface area contributed by atoms with Gasteiger partial charge in [-0.2, -0.15) is 0 Å². The van der Waals surface area contributed by atoms with E-state index in [4.69, 9.17) is 5.73 Å². The molecule has 0 fully saturated rings. The minimum Gasteiger partial charge on any atom is -0.327 e. The lowest BCUT2D eigenvalue weighted by atomic mass is 9.74. The molecule has 4 atom stereocenters. The average Bonchev–Trinajstić information content (AvgIpc) is 2.50. The van der Waals surface area contributed by atoms with Crippen molar-refractivity contribution in [1.29, 1.82) is 0 Å². The van der Waals surface area contributed by atoms with Crippen LogP contribution >= 0.6 is 0 Å². The van der Waals surface area contributed by atoms with Crippen molar-refractivity contribution >= 4 is 0 Å². The zero-order valence-electron chi connectivity index (χ0n) is 16.9. The first-order valence-electron chi connectivity index (χ1n) is 9.96. The minimum absolute atomic E-state index is 0.371. The fraction of sp³-hybridized carbons (Fsp3) is 1.00. The summed E-state index contributed by atoms with van der Waals surface area (Å²) in [5, 5.41) is 0. The lowest BCUT2D eigenvalue weighted by Crippen LogP contribution is -2.34. The highest BCUT2D eigenvalue weighted by atomic mass is 14.6. The summed E-state index contributed by atoms with van der Waals surface area (Å²) >= 11 is 0. The summed E-state index contributed by atoms with van der Waals surface area (Å²) in [4.78, 5) is 0. The van der Waals surface area contributed by atoms with Gasteiger partial charge in [0.1, 0.15) is 0 Å². The fourth-order valence-electron chi connectivity index (χ4n) is 3.49. The summed E-state index contributed by atoms with van der Waals surface area (Å²) in [5.41, 5.74) is 7.11. The van der Waals surface area contributed by atoms with E-state index in [9.17, 15) is 0 Å². The highest BCUT2D eigenvalue weighted by Crippen LogP contribution is 2.34. The molecule has 0 aliphatic carbocycles. The van der Waals surface area contributed by atoms with E-state index < -0.39 is 0 Å². The average molecular weight is 312 g/mol. The Hall–Kier alpha value is -0.0400. The summed E-state index contributed by atoms with van der Waals surface area (Å²) < 4.78 is 0. The molecule has 0 spiro atoms. The molecule has 4 unspecified atom stereocenters. The van der Waals surface area contributed by atoms with E-state index in [1.807, 2.05) is 0 Å². The van der Waals surface area contributed by atoms with Crippen molar-refractivity contribution in [3.05, 3.63) is 0 Å². The molecule has 0 bridgehead atoms. The second-order valence-electron chi connectivity index (χ2n) is 8.59. The topological polar surface area (TPSA) is 26.0 Å². The SMILES string of the molecule is CCCC(CC(N)C(C)CCC(C)(CC)CC)C(C)C(C)C. The van der Waals surface area contributed by atoms with E-state index in [2.05, 4.69) is 55.4 Å². The first-order valence-corrected chi connectivity index (χ1v) is 9.96. The Labute approximate surface area is 141 Å². The van der Waals surface area contributed by atoms with Crippen molar-refractivity contribution in [2.24, 2.45) is 34.8 Å². The molecule has 0 aliphatic heterocycles. The molecule has 0 amide bonds. The van der Waals surface area contributed by atoms with Crippen LogP contribution in [0.5, 0.6) is 0 Å². The van der Waals surface area contributed by atoms with Gasteiger partial charge in [-0.3, -0.25) is 0 Å². The Morgan fingerprint density at radius 1 is 0.909 bits per heavy atom. The first kappa shape index (κ1) is 22.0. The maximum Gasteiger partial charge on any atom is 0.00672 e. The van der Waals surface area contributed by atoms with E-state index in [1.54, 1.807) is 0 Å². The van der Waals surface area contributed by atoms with Crippen molar-refractivity contribution in [3.63, 3.8) is 0 Å². The third kappa shape index (κ3) is 7.49. The summed E-state index contributed by atoms with van der Waals surface area (Å²) in [7, 11) is 0. The zero-order valence-corrected chi connectivity index (χ0v) is 16.9. The normalized spacial score (nSPS) is 18.3. The van der Waals surface area contributed by atoms with Gasteiger partial charge in [0.2, 0.25) is 0 Å². The maximum atomic E-state index is 6.60. The van der Waals surface area contributed by atoms with Crippen molar-refractivity contribution in [2.75, 3.05) is 0 Å². The lowest BCUT2D eigenvalue weighted by molar-refractivity contribution is 0.198. The predicted molar refractivity (Wildman–Crippen MR) is 102 cm³/mol. The van der Waals surface area contributed by atoms with Crippen LogP contribution in [-0.4, -0.2) is 6.04 Å². The molecule has 1 heteroatoms. The molecular weight excluding hydrogens is 266 g/mol. The maximum absolute atomic E-state index is 6.60. The second-order valence-corrected chi connectivity index (χ2v) is 8.59. The standard InChI is InChI=1S/C21H45N/c1-9-12-19(18(7)16(4)5)15-20(22)17(6)13-14-21(8,10-2)11-3/h16-20H,9-15,22H2,1-8H3. The van der Waals surface area contributed by atoms with Gasteiger partial charge < -0.3 is 5.73 Å². The highest BCUT2D eigenvalue weighted by Gasteiger charge is 2.26. The molecule has 0 rings (SSSR count). The van der Waals surface area contributed by atoms with Crippen LogP contribution in [0.25, 0.3) is 0 Å². The molecule has 0 aromatic heterocycles. The van der Waals surface area contributed by atoms with Crippen molar-refractivity contribution in [3.8, 4) is 0 Å². The second kappa shape index (κ2) is 10.7. The van der Waals surface area contributed by atoms with Gasteiger partial charge in [-0.1, -0.05) is 81.1 Å². The predicted octanol–water partition coefficient (Wildman–Crippen LogP) is 6.65. The molecule has 0 aliphatic rings. The molecule has 22 heavy (non-hydrogen) atoms. The molecular formula is C21H45N. The van der Waals surface area contributed by atoms with E-state index in [0.717, 1.165) is 17.8 Å². The Bertz CT molecular complexity index is 267. The van der Waals surface area contributed by atoms with Crippen LogP contribution in [0.1, 0.15) is 100 Å². The quantitative estimate of drug-likeness (QED) is 0.428. The van der Waals surface area contributed by atoms with Crippen LogP contribution < -0.4 is 5.73 Å². The van der Waals surface area contributed by atoms with Gasteiger partial charge in [0.05, 0.1) is 0 Å². The Morgan fingerprint density at radius 3 is 1.86 bits per heavy atom. The molecule has 0 saturated carbocycles. The molecule has 0 saturated heterocycles. The van der Waals surface area contributed by atoms with Gasteiger partial charge in [0.15, 0.2) is 0 Å². The van der Waals surface area contributed by atoms with Crippen molar-refractivity contribution in [1.82, 2.24) is 0 Å². The smallest absolute Gasteiger partial charge is 0.00672 e. The molecule has 134 valence electrons. The van der Waals surface area contributed by atoms with Gasteiger partial charge in [-0.15, -0.1) is 0 Å². The van der Waals surface area contributed by atoms with E-state index in [0.29, 0.717) is 17.4 Å². The molecule has 0 aromatic carbocycles. The largest absolute Gasteiger partial charge is 0.327 e. The van der Waals surface area contributed by atoms with Crippen molar-refractivity contribution < 1.29 is 0 Å². The number of rotatable bonds is 12. The highest BCUT2D eigenvalue weighted by molar-refractivity contribution is 4.80. The summed E-state index contributed by atoms with van der Waals surface area (Å²) in [6.07, 6.45) is 9.02. The monoisotopic (exact) mass is 311 g/mol. The molecule has 0 heterocycles. The van der Waals surface area contributed by atoms with Crippen LogP contribution in [-0.2, 0) is 0 Å². The third-order valence-corrected chi connectivity index (χ3v) is 6.67. The van der Waals surface area contributed by atoms with Crippen LogP contribution in [0.4, 0.5) is 0 Å². The lowest BCUT2D eigenvalue weighted by Gasteiger charge is -2.33. The Balaban J connectivity index is 4.50. The Kier molecular flexibility index (Phi) is 10.7. The van der Waals surface area contributed by atoms with Crippen LogP contribution in [0, 0.1) is 29.1 Å². The van der Waals surface area contributed by atoms with Gasteiger partial charge in [0.25, 0.3) is 0 Å². The van der Waals surface area contributed by atoms with Gasteiger partial charge in [-0.05, 0) is 48.3 Å². The van der Waals surface area contributed by atoms with Crippen LogP contribution in [0.3, 0.4) is 0 Å². The molecule has 0 aromatic rings. The van der Waals surface area contributed by atoms with E-state index in [-0.39, 0.29) is 0 Å². The number of nitrogens with two attached hydrogens (primary N) is 1.